The fourth-order valence-corrected chi connectivity index (χ4v) is 2.27. The molecule has 1 heterocycles. The van der Waals surface area contributed by atoms with Crippen molar-refractivity contribution in [2.45, 2.75) is 19.2 Å². The van der Waals surface area contributed by atoms with Gasteiger partial charge in [0.15, 0.2) is 0 Å². The van der Waals surface area contributed by atoms with Crippen LogP contribution in [0.4, 0.5) is 18.9 Å². The average molecular weight is 386 g/mol. The van der Waals surface area contributed by atoms with Crippen molar-refractivity contribution in [1.82, 2.24) is 9.91 Å². The second-order valence-corrected chi connectivity index (χ2v) is 5.75. The molecule has 1 aromatic rings. The van der Waals surface area contributed by atoms with E-state index in [1.165, 1.54) is 26.2 Å². The van der Waals surface area contributed by atoms with Gasteiger partial charge in [-0.15, -0.1) is 13.2 Å². The molecule has 3 amide bonds. The monoisotopic (exact) mass is 386 g/mol. The first-order valence-corrected chi connectivity index (χ1v) is 7.80. The Balaban J connectivity index is 1.90. The van der Waals surface area contributed by atoms with Crippen LogP contribution < -0.4 is 10.1 Å². The Bertz CT molecular complexity index is 762. The van der Waals surface area contributed by atoms with E-state index in [2.05, 4.69) is 15.2 Å². The number of amides is 3. The zero-order valence-corrected chi connectivity index (χ0v) is 14.5. The van der Waals surface area contributed by atoms with Crippen LogP contribution in [-0.4, -0.2) is 60.3 Å². The van der Waals surface area contributed by atoms with Gasteiger partial charge in [-0.1, -0.05) is 0 Å². The molecular formula is C16H17F3N4O4. The van der Waals surface area contributed by atoms with Gasteiger partial charge in [-0.3, -0.25) is 14.4 Å². The molecule has 0 aromatic heterocycles. The molecule has 0 fully saturated rings. The molecule has 27 heavy (non-hydrogen) atoms. The van der Waals surface area contributed by atoms with Crippen LogP contribution in [0.25, 0.3) is 0 Å². The maximum absolute atomic E-state index is 12.3. The van der Waals surface area contributed by atoms with Crippen LogP contribution in [0.15, 0.2) is 29.4 Å². The molecule has 0 unspecified atom stereocenters. The van der Waals surface area contributed by atoms with Crippen LogP contribution in [-0.2, 0) is 14.4 Å². The van der Waals surface area contributed by atoms with Gasteiger partial charge in [0.2, 0.25) is 11.8 Å². The van der Waals surface area contributed by atoms with E-state index in [0.717, 1.165) is 22.0 Å². The highest BCUT2D eigenvalue weighted by Crippen LogP contribution is 2.23. The van der Waals surface area contributed by atoms with Crippen molar-refractivity contribution in [3.05, 3.63) is 24.3 Å². The third-order valence-corrected chi connectivity index (χ3v) is 3.55. The number of carbonyl (C=O) groups excluding carboxylic acids is 3. The lowest BCUT2D eigenvalue weighted by Gasteiger charge is -2.22. The molecule has 11 heteroatoms. The van der Waals surface area contributed by atoms with Crippen molar-refractivity contribution >= 4 is 29.1 Å². The lowest BCUT2D eigenvalue weighted by molar-refractivity contribution is -0.274. The molecule has 1 N–H and O–H groups in total. The van der Waals surface area contributed by atoms with E-state index in [1.54, 1.807) is 0 Å². The van der Waals surface area contributed by atoms with E-state index in [9.17, 15) is 27.6 Å². The van der Waals surface area contributed by atoms with Gasteiger partial charge in [-0.05, 0) is 24.3 Å². The summed E-state index contributed by atoms with van der Waals surface area (Å²) in [6.07, 6.45) is -4.45. The highest BCUT2D eigenvalue weighted by molar-refractivity contribution is 6.39. The number of hydrogen-bond donors (Lipinski definition) is 1. The summed E-state index contributed by atoms with van der Waals surface area (Å²) < 4.78 is 40.1. The van der Waals surface area contributed by atoms with Gasteiger partial charge in [-0.25, -0.2) is 5.01 Å². The molecule has 1 aliphatic heterocycles. The van der Waals surface area contributed by atoms with Gasteiger partial charge >= 0.3 is 6.36 Å². The SMILES string of the molecule is CN(CC(=O)Nc1ccc(OC(F)(F)F)cc1)C(=O)C1=NN(C)C(=O)CC1. The van der Waals surface area contributed by atoms with Crippen LogP contribution in [0.5, 0.6) is 5.75 Å². The van der Waals surface area contributed by atoms with Crippen LogP contribution in [0, 0.1) is 0 Å². The Morgan fingerprint density at radius 3 is 2.44 bits per heavy atom. The molecule has 0 bridgehead atoms. The van der Waals surface area contributed by atoms with Crippen LogP contribution in [0.3, 0.4) is 0 Å². The summed E-state index contributed by atoms with van der Waals surface area (Å²) in [4.78, 5) is 36.8. The van der Waals surface area contributed by atoms with E-state index in [-0.39, 0.29) is 36.7 Å². The molecule has 2 rings (SSSR count). The number of nitrogens with one attached hydrogen (secondary N) is 1. The molecule has 0 saturated heterocycles. The number of nitrogens with zero attached hydrogens (tertiary/aromatic N) is 3. The molecule has 0 spiro atoms. The van der Waals surface area contributed by atoms with Crippen molar-refractivity contribution < 1.29 is 32.3 Å². The number of likely N-dealkylation sites (N-methyl/N-ethyl adjacent to an activating group) is 1. The standard InChI is InChI=1S/C16H17F3N4O4/c1-22(15(26)12-7-8-14(25)23(2)21-12)9-13(24)20-10-3-5-11(6-4-10)27-16(17,18)19/h3-6H,7-9H2,1-2H3,(H,20,24). The molecule has 0 aliphatic carbocycles. The lowest BCUT2D eigenvalue weighted by atomic mass is 10.1. The molecule has 0 radical (unpaired) electrons. The number of benzene rings is 1. The normalized spacial score (nSPS) is 14.5. The van der Waals surface area contributed by atoms with Gasteiger partial charge < -0.3 is 15.0 Å². The van der Waals surface area contributed by atoms with Crippen molar-refractivity contribution in [2.75, 3.05) is 26.0 Å². The maximum Gasteiger partial charge on any atom is 0.573 e. The number of halogens is 3. The van der Waals surface area contributed by atoms with Crippen molar-refractivity contribution in [2.24, 2.45) is 5.10 Å². The Kier molecular flexibility index (Phi) is 6.03. The van der Waals surface area contributed by atoms with Crippen LogP contribution in [0.1, 0.15) is 12.8 Å². The zero-order valence-electron chi connectivity index (χ0n) is 14.5. The van der Waals surface area contributed by atoms with E-state index >= 15 is 0 Å². The first-order chi connectivity index (χ1) is 12.5. The second-order valence-electron chi connectivity index (χ2n) is 5.75. The van der Waals surface area contributed by atoms with Gasteiger partial charge in [0.25, 0.3) is 5.91 Å². The first-order valence-electron chi connectivity index (χ1n) is 7.80. The van der Waals surface area contributed by atoms with Gasteiger partial charge in [0, 0.05) is 32.6 Å². The summed E-state index contributed by atoms with van der Waals surface area (Å²) >= 11 is 0. The Morgan fingerprint density at radius 2 is 1.89 bits per heavy atom. The Labute approximate surface area is 152 Å². The predicted octanol–water partition coefficient (Wildman–Crippen LogP) is 1.59. The molecule has 0 saturated carbocycles. The molecule has 1 aromatic carbocycles. The summed E-state index contributed by atoms with van der Waals surface area (Å²) in [6.45, 7) is -0.295. The number of rotatable bonds is 5. The van der Waals surface area contributed by atoms with Crippen LogP contribution >= 0.6 is 0 Å². The fourth-order valence-electron chi connectivity index (χ4n) is 2.27. The molecular weight excluding hydrogens is 369 g/mol. The fraction of sp³-hybridized carbons (Fsp3) is 0.375. The molecule has 146 valence electrons. The minimum absolute atomic E-state index is 0.160. The van der Waals surface area contributed by atoms with E-state index in [0.29, 0.717) is 0 Å². The van der Waals surface area contributed by atoms with Crippen LogP contribution in [0.2, 0.25) is 0 Å². The van der Waals surface area contributed by atoms with Gasteiger partial charge in [0.05, 0.1) is 6.54 Å². The van der Waals surface area contributed by atoms with E-state index in [4.69, 9.17) is 0 Å². The molecule has 1 aliphatic rings. The Morgan fingerprint density at radius 1 is 1.26 bits per heavy atom. The number of ether oxygens (including phenoxy) is 1. The zero-order chi connectivity index (χ0) is 20.2. The number of hydrazone groups is 1. The van der Waals surface area contributed by atoms with E-state index < -0.39 is 23.9 Å². The summed E-state index contributed by atoms with van der Waals surface area (Å²) in [5.74, 6) is -1.65. The summed E-state index contributed by atoms with van der Waals surface area (Å²) in [5.41, 5.74) is 0.414. The van der Waals surface area contributed by atoms with E-state index in [1.807, 2.05) is 0 Å². The Hall–Kier alpha value is -3.11. The molecule has 0 atom stereocenters. The number of alkyl halides is 3. The quantitative estimate of drug-likeness (QED) is 0.832. The predicted molar refractivity (Wildman–Crippen MR) is 88.8 cm³/mol. The smallest absolute Gasteiger partial charge is 0.406 e. The van der Waals surface area contributed by atoms with Gasteiger partial charge in [0.1, 0.15) is 11.5 Å². The number of hydrogen-bond acceptors (Lipinski definition) is 5. The summed E-state index contributed by atoms with van der Waals surface area (Å²) in [5, 5.41) is 7.43. The third kappa shape index (κ3) is 5.97. The minimum atomic E-state index is -4.80. The average Bonchev–Trinajstić information content (AvgIpc) is 2.57. The minimum Gasteiger partial charge on any atom is -0.406 e. The maximum atomic E-state index is 12.3. The highest BCUT2D eigenvalue weighted by atomic mass is 19.4. The summed E-state index contributed by atoms with van der Waals surface area (Å²) in [7, 11) is 2.84. The summed E-state index contributed by atoms with van der Waals surface area (Å²) in [6, 6.07) is 4.60. The number of carbonyl (C=O) groups is 3. The first kappa shape index (κ1) is 20.2. The van der Waals surface area contributed by atoms with Crippen molar-refractivity contribution in [3.8, 4) is 5.75 Å². The lowest BCUT2D eigenvalue weighted by Crippen LogP contribution is -2.41. The second kappa shape index (κ2) is 8.06. The third-order valence-electron chi connectivity index (χ3n) is 3.55. The largest absolute Gasteiger partial charge is 0.573 e. The van der Waals surface area contributed by atoms with Crippen molar-refractivity contribution in [1.29, 1.82) is 0 Å². The van der Waals surface area contributed by atoms with Crippen molar-refractivity contribution in [3.63, 3.8) is 0 Å². The molecule has 8 nitrogen and oxygen atoms in total. The number of anilines is 1. The topological polar surface area (TPSA) is 91.3 Å². The highest BCUT2D eigenvalue weighted by Gasteiger charge is 2.31. The van der Waals surface area contributed by atoms with Gasteiger partial charge in [-0.2, -0.15) is 5.10 Å².